The van der Waals surface area contributed by atoms with Crippen molar-refractivity contribution in [3.05, 3.63) is 0 Å². The third-order valence-electron chi connectivity index (χ3n) is 3.66. The van der Waals surface area contributed by atoms with Gasteiger partial charge in [-0.2, -0.15) is 0 Å². The first kappa shape index (κ1) is 15.4. The second kappa shape index (κ2) is 7.74. The van der Waals surface area contributed by atoms with E-state index in [1.165, 1.54) is 19.4 Å². The largest absolute Gasteiger partial charge is 0.466 e. The van der Waals surface area contributed by atoms with E-state index in [4.69, 9.17) is 4.74 Å². The van der Waals surface area contributed by atoms with Crippen LogP contribution in [0.1, 0.15) is 33.1 Å². The van der Waals surface area contributed by atoms with Crippen LogP contribution < -0.4 is 0 Å². The third-order valence-corrected chi connectivity index (χ3v) is 3.66. The molecular formula is C14H28N2O2. The van der Waals surface area contributed by atoms with Gasteiger partial charge < -0.3 is 14.5 Å². The van der Waals surface area contributed by atoms with E-state index in [0.717, 1.165) is 19.0 Å². The molecule has 4 heteroatoms. The van der Waals surface area contributed by atoms with Gasteiger partial charge in [-0.1, -0.05) is 0 Å². The quantitative estimate of drug-likeness (QED) is 0.676. The molecule has 1 unspecified atom stereocenters. The lowest BCUT2D eigenvalue weighted by Crippen LogP contribution is -2.42. The smallest absolute Gasteiger partial charge is 0.307 e. The molecule has 0 aromatic carbocycles. The predicted molar refractivity (Wildman–Crippen MR) is 73.6 cm³/mol. The molecule has 0 aromatic rings. The lowest BCUT2D eigenvalue weighted by Gasteiger charge is -2.36. The van der Waals surface area contributed by atoms with Gasteiger partial charge >= 0.3 is 5.97 Å². The second-order valence-electron chi connectivity index (χ2n) is 5.60. The maximum atomic E-state index is 11.5. The predicted octanol–water partition coefficient (Wildman–Crippen LogP) is 1.60. The summed E-state index contributed by atoms with van der Waals surface area (Å²) in [6, 6.07) is 0.310. The van der Waals surface area contributed by atoms with Crippen molar-refractivity contribution in [2.24, 2.45) is 5.92 Å². The molecule has 1 heterocycles. The number of likely N-dealkylation sites (tertiary alicyclic amines) is 1. The van der Waals surface area contributed by atoms with Crippen molar-refractivity contribution in [2.75, 3.05) is 40.3 Å². The van der Waals surface area contributed by atoms with Gasteiger partial charge in [-0.05, 0) is 59.8 Å². The summed E-state index contributed by atoms with van der Waals surface area (Å²) in [6.45, 7) is 7.87. The summed E-state index contributed by atoms with van der Waals surface area (Å²) in [7, 11) is 4.27. The first-order valence-electron chi connectivity index (χ1n) is 7.07. The van der Waals surface area contributed by atoms with Gasteiger partial charge in [0.05, 0.1) is 13.0 Å². The molecule has 106 valence electrons. The summed E-state index contributed by atoms with van der Waals surface area (Å²) in [6.07, 6.45) is 3.00. The van der Waals surface area contributed by atoms with Crippen LogP contribution in [0.4, 0.5) is 0 Å². The minimum Gasteiger partial charge on any atom is -0.466 e. The van der Waals surface area contributed by atoms with Crippen LogP contribution in [0.25, 0.3) is 0 Å². The minimum atomic E-state index is -0.0691. The summed E-state index contributed by atoms with van der Waals surface area (Å²) >= 11 is 0. The van der Waals surface area contributed by atoms with Crippen LogP contribution in [0.3, 0.4) is 0 Å². The fourth-order valence-corrected chi connectivity index (χ4v) is 2.68. The Kier molecular flexibility index (Phi) is 6.65. The fraction of sp³-hybridized carbons (Fsp3) is 0.929. The number of carbonyl (C=O) groups excluding carboxylic acids is 1. The van der Waals surface area contributed by atoms with Crippen LogP contribution in [-0.4, -0.2) is 62.1 Å². The normalized spacial score (nSPS) is 20.1. The summed E-state index contributed by atoms with van der Waals surface area (Å²) in [5.74, 6) is 0.742. The van der Waals surface area contributed by atoms with E-state index in [2.05, 4.69) is 30.8 Å². The summed E-state index contributed by atoms with van der Waals surface area (Å²) in [5.41, 5.74) is 0. The zero-order chi connectivity index (χ0) is 13.5. The molecule has 4 nitrogen and oxygen atoms in total. The van der Waals surface area contributed by atoms with Gasteiger partial charge in [0.15, 0.2) is 0 Å². The van der Waals surface area contributed by atoms with Crippen molar-refractivity contribution in [3.63, 3.8) is 0 Å². The zero-order valence-electron chi connectivity index (χ0n) is 12.3. The van der Waals surface area contributed by atoms with E-state index in [9.17, 15) is 4.79 Å². The highest BCUT2D eigenvalue weighted by Gasteiger charge is 2.24. The average Bonchev–Trinajstić information content (AvgIpc) is 2.29. The topological polar surface area (TPSA) is 32.8 Å². The Hall–Kier alpha value is -0.610. The van der Waals surface area contributed by atoms with E-state index < -0.39 is 0 Å². The summed E-state index contributed by atoms with van der Waals surface area (Å²) in [5, 5.41) is 0. The molecule has 1 saturated heterocycles. The van der Waals surface area contributed by atoms with Crippen molar-refractivity contribution < 1.29 is 9.53 Å². The highest BCUT2D eigenvalue weighted by atomic mass is 16.5. The van der Waals surface area contributed by atoms with Crippen LogP contribution >= 0.6 is 0 Å². The molecule has 0 radical (unpaired) electrons. The Morgan fingerprint density at radius 3 is 2.50 bits per heavy atom. The van der Waals surface area contributed by atoms with Crippen molar-refractivity contribution >= 4 is 5.97 Å². The maximum absolute atomic E-state index is 11.5. The number of hydrogen-bond acceptors (Lipinski definition) is 4. The van der Waals surface area contributed by atoms with E-state index in [-0.39, 0.29) is 5.97 Å². The third kappa shape index (κ3) is 5.36. The molecule has 0 saturated carbocycles. The van der Waals surface area contributed by atoms with Gasteiger partial charge in [0, 0.05) is 12.6 Å². The molecule has 0 bridgehead atoms. The molecule has 0 amide bonds. The van der Waals surface area contributed by atoms with Crippen molar-refractivity contribution in [1.82, 2.24) is 9.80 Å². The molecular weight excluding hydrogens is 228 g/mol. The Labute approximate surface area is 111 Å². The van der Waals surface area contributed by atoms with Crippen LogP contribution in [-0.2, 0) is 9.53 Å². The molecule has 1 aliphatic heterocycles. The minimum absolute atomic E-state index is 0.0691. The van der Waals surface area contributed by atoms with Gasteiger partial charge in [-0.3, -0.25) is 4.79 Å². The summed E-state index contributed by atoms with van der Waals surface area (Å²) < 4.78 is 5.00. The van der Waals surface area contributed by atoms with Crippen LogP contribution in [0, 0.1) is 5.92 Å². The molecule has 0 aromatic heterocycles. The zero-order valence-corrected chi connectivity index (χ0v) is 12.3. The second-order valence-corrected chi connectivity index (χ2v) is 5.60. The van der Waals surface area contributed by atoms with E-state index in [1.807, 2.05) is 6.92 Å². The maximum Gasteiger partial charge on any atom is 0.307 e. The molecule has 1 aliphatic rings. The number of hydrogen-bond donors (Lipinski definition) is 0. The highest BCUT2D eigenvalue weighted by Crippen LogP contribution is 2.20. The van der Waals surface area contributed by atoms with Gasteiger partial charge in [-0.15, -0.1) is 0 Å². The molecule has 18 heavy (non-hydrogen) atoms. The Bertz CT molecular complexity index is 248. The number of rotatable bonds is 6. The summed E-state index contributed by atoms with van der Waals surface area (Å²) in [4.78, 5) is 16.1. The molecule has 1 fully saturated rings. The van der Waals surface area contributed by atoms with Crippen molar-refractivity contribution in [3.8, 4) is 0 Å². The number of esters is 1. The average molecular weight is 256 g/mol. The number of carbonyl (C=O) groups is 1. The Morgan fingerprint density at radius 1 is 1.39 bits per heavy atom. The molecule has 0 N–H and O–H groups in total. The van der Waals surface area contributed by atoms with Crippen molar-refractivity contribution in [1.29, 1.82) is 0 Å². The van der Waals surface area contributed by atoms with Crippen molar-refractivity contribution in [2.45, 2.75) is 39.2 Å². The molecule has 1 atom stereocenters. The van der Waals surface area contributed by atoms with Gasteiger partial charge in [0.25, 0.3) is 0 Å². The lowest BCUT2D eigenvalue weighted by molar-refractivity contribution is -0.144. The standard InChI is InChI=1S/C14H28N2O2/c1-5-18-14(17)10-12(2)16-8-6-13(7-9-16)11-15(3)4/h12-13H,5-11H2,1-4H3. The fourth-order valence-electron chi connectivity index (χ4n) is 2.68. The van der Waals surface area contributed by atoms with E-state index in [0.29, 0.717) is 19.1 Å². The number of piperidine rings is 1. The molecule has 1 rings (SSSR count). The number of ether oxygens (including phenoxy) is 1. The highest BCUT2D eigenvalue weighted by molar-refractivity contribution is 5.70. The van der Waals surface area contributed by atoms with Crippen LogP contribution in [0.15, 0.2) is 0 Å². The van der Waals surface area contributed by atoms with Gasteiger partial charge in [0.2, 0.25) is 0 Å². The SMILES string of the molecule is CCOC(=O)CC(C)N1CCC(CN(C)C)CC1. The Balaban J connectivity index is 2.27. The van der Waals surface area contributed by atoms with Gasteiger partial charge in [0.1, 0.15) is 0 Å². The number of nitrogens with zero attached hydrogens (tertiary/aromatic N) is 2. The first-order chi connectivity index (χ1) is 8.52. The van der Waals surface area contributed by atoms with Crippen LogP contribution in [0.5, 0.6) is 0 Å². The Morgan fingerprint density at radius 2 is 2.00 bits per heavy atom. The van der Waals surface area contributed by atoms with Gasteiger partial charge in [-0.25, -0.2) is 0 Å². The van der Waals surface area contributed by atoms with E-state index in [1.54, 1.807) is 0 Å². The first-order valence-corrected chi connectivity index (χ1v) is 7.07. The lowest BCUT2D eigenvalue weighted by atomic mass is 9.95. The van der Waals surface area contributed by atoms with Crippen LogP contribution in [0.2, 0.25) is 0 Å². The monoisotopic (exact) mass is 256 g/mol. The molecule has 0 aliphatic carbocycles. The van der Waals surface area contributed by atoms with E-state index >= 15 is 0 Å². The molecule has 0 spiro atoms.